The number of carbonyl (C=O) groups is 3. The number of benzene rings is 1. The Morgan fingerprint density at radius 1 is 1.08 bits per heavy atom. The predicted molar refractivity (Wildman–Crippen MR) is 172 cm³/mol. The number of amides is 3. The smallest absolute Gasteiger partial charge is 0.410 e. The average Bonchev–Trinajstić information content (AvgIpc) is 3.77. The second kappa shape index (κ2) is 12.6. The number of halogens is 3. The van der Waals surface area contributed by atoms with Gasteiger partial charge < -0.3 is 19.9 Å². The second-order valence-corrected chi connectivity index (χ2v) is 14.3. The average molecular weight is 670 g/mol. The maximum atomic E-state index is 16.5. The van der Waals surface area contributed by atoms with E-state index in [4.69, 9.17) is 4.74 Å². The SMILES string of the molecule is CCn1nccc1C(=O)N[C@H](c1nc2c(F)c(C3=C(C(=O)N4CC(F)(F)C4)CN(C(=O)OC(C)(C)C)C3)ccc2[nH]1)C1CCC(C)CC1. The summed E-state index contributed by atoms with van der Waals surface area (Å²) in [5, 5.41) is 7.35. The van der Waals surface area contributed by atoms with Crippen LogP contribution in [0.4, 0.5) is 18.0 Å². The number of aromatic nitrogens is 4. The quantitative estimate of drug-likeness (QED) is 0.333. The highest BCUT2D eigenvalue weighted by molar-refractivity contribution is 6.05. The molecule has 258 valence electrons. The molecule has 11 nitrogen and oxygen atoms in total. The number of fused-ring (bicyclic) bond motifs is 1. The number of rotatable bonds is 7. The van der Waals surface area contributed by atoms with E-state index in [1.165, 1.54) is 11.0 Å². The van der Waals surface area contributed by atoms with Crippen LogP contribution < -0.4 is 5.32 Å². The lowest BCUT2D eigenvalue weighted by atomic mass is 9.79. The molecule has 3 amide bonds. The van der Waals surface area contributed by atoms with Crippen molar-refractivity contribution in [2.75, 3.05) is 26.2 Å². The summed E-state index contributed by atoms with van der Waals surface area (Å²) in [6.07, 6.45) is 4.57. The Kier molecular flexibility index (Phi) is 8.79. The predicted octanol–water partition coefficient (Wildman–Crippen LogP) is 5.70. The number of H-pyrrole nitrogens is 1. The minimum absolute atomic E-state index is 0.00928. The van der Waals surface area contributed by atoms with Gasteiger partial charge in [-0.1, -0.05) is 19.8 Å². The van der Waals surface area contributed by atoms with Gasteiger partial charge in [0.2, 0.25) is 0 Å². The number of imidazole rings is 1. The summed E-state index contributed by atoms with van der Waals surface area (Å²) in [5.74, 6) is -3.66. The lowest BCUT2D eigenvalue weighted by Gasteiger charge is -2.39. The molecule has 1 atom stereocenters. The largest absolute Gasteiger partial charge is 0.444 e. The van der Waals surface area contributed by atoms with Gasteiger partial charge in [0.1, 0.15) is 22.6 Å². The molecule has 2 aromatic heterocycles. The summed E-state index contributed by atoms with van der Waals surface area (Å²) in [6, 6.07) is 4.26. The fourth-order valence-corrected chi connectivity index (χ4v) is 6.84. The Balaban J connectivity index is 1.35. The molecule has 4 heterocycles. The monoisotopic (exact) mass is 669 g/mol. The van der Waals surface area contributed by atoms with Gasteiger partial charge >= 0.3 is 6.09 Å². The van der Waals surface area contributed by atoms with Crippen LogP contribution in [-0.4, -0.2) is 85.2 Å². The van der Waals surface area contributed by atoms with Crippen LogP contribution in [0.15, 0.2) is 30.0 Å². The zero-order valence-corrected chi connectivity index (χ0v) is 27.9. The molecule has 3 aromatic rings. The number of nitrogens with one attached hydrogen (secondary N) is 2. The van der Waals surface area contributed by atoms with E-state index < -0.39 is 48.5 Å². The number of nitrogens with zero attached hydrogens (tertiary/aromatic N) is 5. The van der Waals surface area contributed by atoms with E-state index in [2.05, 4.69) is 27.3 Å². The summed E-state index contributed by atoms with van der Waals surface area (Å²) >= 11 is 0. The van der Waals surface area contributed by atoms with E-state index in [1.807, 2.05) is 6.92 Å². The fraction of sp³-hybridized carbons (Fsp3) is 0.559. The van der Waals surface area contributed by atoms with E-state index in [0.717, 1.165) is 30.6 Å². The maximum absolute atomic E-state index is 16.5. The van der Waals surface area contributed by atoms with E-state index in [9.17, 15) is 23.2 Å². The maximum Gasteiger partial charge on any atom is 0.410 e. The first-order valence-electron chi connectivity index (χ1n) is 16.5. The molecule has 2 N–H and O–H groups in total. The minimum Gasteiger partial charge on any atom is -0.444 e. The standard InChI is InChI=1S/C34H42F3N7O4/c1-6-44-25(13-14-38-44)30(45)41-27(20-9-7-19(2)8-10-20)29-39-24-12-11-21(26(35)28(24)40-29)22-15-42(32(47)48-33(3,4)5)16-23(22)31(46)43-17-34(36,37)18-43/h11-14,19-20,27H,6-10,15-18H2,1-5H3,(H,39,40)(H,41,45)/t19?,20?,27-/m0/s1. The molecule has 3 aliphatic rings. The Labute approximate surface area is 276 Å². The minimum atomic E-state index is -2.99. The Bertz CT molecular complexity index is 1760. The third kappa shape index (κ3) is 6.66. The number of likely N-dealkylation sites (tertiary alicyclic amines) is 1. The summed E-state index contributed by atoms with van der Waals surface area (Å²) in [6.45, 7) is 7.88. The lowest BCUT2D eigenvalue weighted by Crippen LogP contribution is -2.59. The Morgan fingerprint density at radius 3 is 2.44 bits per heavy atom. The number of hydrogen-bond acceptors (Lipinski definition) is 6. The van der Waals surface area contributed by atoms with Crippen LogP contribution in [0.25, 0.3) is 16.6 Å². The fourth-order valence-electron chi connectivity index (χ4n) is 6.84. The van der Waals surface area contributed by atoms with Crippen LogP contribution in [-0.2, 0) is 16.1 Å². The zero-order chi connectivity index (χ0) is 34.5. The van der Waals surface area contributed by atoms with Gasteiger partial charge in [-0.3, -0.25) is 19.2 Å². The van der Waals surface area contributed by atoms with Crippen molar-refractivity contribution in [3.8, 4) is 0 Å². The first kappa shape index (κ1) is 33.5. The summed E-state index contributed by atoms with van der Waals surface area (Å²) in [4.78, 5) is 50.1. The van der Waals surface area contributed by atoms with Gasteiger partial charge in [0, 0.05) is 23.9 Å². The third-order valence-electron chi connectivity index (χ3n) is 9.40. The zero-order valence-electron chi connectivity index (χ0n) is 27.9. The van der Waals surface area contributed by atoms with E-state index >= 15 is 4.39 Å². The molecular weight excluding hydrogens is 627 g/mol. The number of ether oxygens (including phenoxy) is 1. The number of alkyl halides is 2. The summed E-state index contributed by atoms with van der Waals surface area (Å²) in [5.41, 5.74) is 0.305. The second-order valence-electron chi connectivity index (χ2n) is 14.3. The normalized spacial score (nSPS) is 21.8. The van der Waals surface area contributed by atoms with Gasteiger partial charge in [0.05, 0.1) is 37.7 Å². The molecule has 0 radical (unpaired) electrons. The molecule has 0 unspecified atom stereocenters. The van der Waals surface area contributed by atoms with Crippen LogP contribution in [0.5, 0.6) is 0 Å². The Hall–Kier alpha value is -4.36. The topological polar surface area (TPSA) is 125 Å². The highest BCUT2D eigenvalue weighted by Gasteiger charge is 2.48. The van der Waals surface area contributed by atoms with Crippen molar-refractivity contribution in [2.24, 2.45) is 11.8 Å². The first-order chi connectivity index (χ1) is 22.6. The lowest BCUT2D eigenvalue weighted by molar-refractivity contribution is -0.161. The molecule has 0 spiro atoms. The van der Waals surface area contributed by atoms with Crippen LogP contribution >= 0.6 is 0 Å². The number of carbonyl (C=O) groups excluding carboxylic acids is 3. The van der Waals surface area contributed by atoms with Crippen molar-refractivity contribution in [1.29, 1.82) is 0 Å². The highest BCUT2D eigenvalue weighted by Crippen LogP contribution is 2.39. The first-order valence-corrected chi connectivity index (χ1v) is 16.5. The van der Waals surface area contributed by atoms with Gasteiger partial charge in [-0.05, 0) is 76.1 Å². The van der Waals surface area contributed by atoms with Crippen molar-refractivity contribution >= 4 is 34.5 Å². The third-order valence-corrected chi connectivity index (χ3v) is 9.40. The van der Waals surface area contributed by atoms with Crippen LogP contribution in [0.1, 0.15) is 88.2 Å². The summed E-state index contributed by atoms with van der Waals surface area (Å²) in [7, 11) is 0. The van der Waals surface area contributed by atoms with Crippen molar-refractivity contribution in [1.82, 2.24) is 34.9 Å². The van der Waals surface area contributed by atoms with Gasteiger partial charge in [0.25, 0.3) is 17.7 Å². The van der Waals surface area contributed by atoms with E-state index in [1.54, 1.807) is 43.8 Å². The van der Waals surface area contributed by atoms with Gasteiger partial charge in [-0.2, -0.15) is 5.10 Å². The van der Waals surface area contributed by atoms with Crippen LogP contribution in [0.2, 0.25) is 0 Å². The number of aryl methyl sites for hydroxylation is 1. The van der Waals surface area contributed by atoms with Gasteiger partial charge in [0.15, 0.2) is 5.82 Å². The molecular formula is C34H42F3N7O4. The van der Waals surface area contributed by atoms with Crippen molar-refractivity contribution in [2.45, 2.75) is 84.4 Å². The molecule has 6 rings (SSSR count). The molecule has 14 heteroatoms. The van der Waals surface area contributed by atoms with Crippen molar-refractivity contribution in [3.63, 3.8) is 0 Å². The van der Waals surface area contributed by atoms with Crippen LogP contribution in [0.3, 0.4) is 0 Å². The molecule has 2 aliphatic heterocycles. The van der Waals surface area contributed by atoms with E-state index in [0.29, 0.717) is 29.5 Å². The van der Waals surface area contributed by atoms with Crippen LogP contribution in [0, 0.1) is 17.7 Å². The van der Waals surface area contributed by atoms with Gasteiger partial charge in [-0.15, -0.1) is 0 Å². The number of aromatic amines is 1. The highest BCUT2D eigenvalue weighted by atomic mass is 19.3. The molecule has 1 saturated carbocycles. The molecule has 2 fully saturated rings. The molecule has 48 heavy (non-hydrogen) atoms. The molecule has 1 saturated heterocycles. The molecule has 1 aromatic carbocycles. The van der Waals surface area contributed by atoms with Crippen molar-refractivity contribution < 1.29 is 32.3 Å². The van der Waals surface area contributed by atoms with E-state index in [-0.39, 0.29) is 47.1 Å². The Morgan fingerprint density at radius 2 is 1.79 bits per heavy atom. The molecule has 1 aliphatic carbocycles. The van der Waals surface area contributed by atoms with Crippen molar-refractivity contribution in [3.05, 3.63) is 52.9 Å². The number of hydrogen-bond donors (Lipinski definition) is 2. The molecule has 0 bridgehead atoms. The summed E-state index contributed by atoms with van der Waals surface area (Å²) < 4.78 is 51.1. The van der Waals surface area contributed by atoms with Gasteiger partial charge in [-0.25, -0.2) is 22.9 Å².